The Hall–Kier alpha value is -2.61. The molecule has 1 aliphatic carbocycles. The summed E-state index contributed by atoms with van der Waals surface area (Å²) >= 11 is 0. The fraction of sp³-hybridized carbons (Fsp3) is 0.591. The molecule has 0 spiro atoms. The molecular weight excluding hydrogens is 386 g/mol. The van der Waals surface area contributed by atoms with E-state index < -0.39 is 17.6 Å². The average Bonchev–Trinajstić information content (AvgIpc) is 3.20. The van der Waals surface area contributed by atoms with Crippen molar-refractivity contribution >= 4 is 17.8 Å². The highest BCUT2D eigenvalue weighted by atomic mass is 16.5. The maximum absolute atomic E-state index is 12.8. The van der Waals surface area contributed by atoms with Gasteiger partial charge in [0.25, 0.3) is 5.91 Å². The molecule has 0 aliphatic heterocycles. The van der Waals surface area contributed by atoms with Crippen LogP contribution in [0.4, 0.5) is 0 Å². The lowest BCUT2D eigenvalue weighted by Crippen LogP contribution is -2.56. The van der Waals surface area contributed by atoms with E-state index in [0.29, 0.717) is 31.7 Å². The quantitative estimate of drug-likeness (QED) is 0.555. The summed E-state index contributed by atoms with van der Waals surface area (Å²) in [7, 11) is 1.57. The van der Waals surface area contributed by atoms with Gasteiger partial charge in [-0.2, -0.15) is 0 Å². The summed E-state index contributed by atoms with van der Waals surface area (Å²) in [4.78, 5) is 39.3. The highest BCUT2D eigenvalue weighted by molar-refractivity contribution is 5.91. The monoisotopic (exact) mass is 419 g/mol. The van der Waals surface area contributed by atoms with E-state index in [1.165, 1.54) is 0 Å². The van der Waals surface area contributed by atoms with Crippen LogP contribution in [0.3, 0.4) is 0 Å². The number of benzene rings is 1. The van der Waals surface area contributed by atoms with Crippen molar-refractivity contribution in [2.24, 2.45) is 5.73 Å². The van der Waals surface area contributed by atoms with Gasteiger partial charge >= 0.3 is 5.97 Å². The van der Waals surface area contributed by atoms with Gasteiger partial charge in [-0.1, -0.05) is 25.0 Å². The van der Waals surface area contributed by atoms with Crippen molar-refractivity contribution in [3.05, 3.63) is 29.8 Å². The first-order valence-electron chi connectivity index (χ1n) is 10.5. The van der Waals surface area contributed by atoms with Crippen LogP contribution in [-0.2, 0) is 25.5 Å². The molecule has 2 amide bonds. The fourth-order valence-electron chi connectivity index (χ4n) is 3.63. The van der Waals surface area contributed by atoms with Gasteiger partial charge in [-0.05, 0) is 44.4 Å². The molecule has 0 bridgehead atoms. The van der Waals surface area contributed by atoms with E-state index in [4.69, 9.17) is 15.2 Å². The Balaban J connectivity index is 2.09. The molecule has 0 unspecified atom stereocenters. The number of amides is 2. The molecular formula is C22H33N3O5. The number of methoxy groups -OCH3 is 1. The number of nitrogens with zero attached hydrogens (tertiary/aromatic N) is 1. The zero-order valence-electron chi connectivity index (χ0n) is 18.1. The number of esters is 1. The third kappa shape index (κ3) is 6.19. The molecule has 1 aromatic carbocycles. The number of ether oxygens (including phenoxy) is 2. The molecule has 1 saturated carbocycles. The topological polar surface area (TPSA) is 111 Å². The predicted molar refractivity (Wildman–Crippen MR) is 113 cm³/mol. The normalized spacial score (nSPS) is 15.9. The van der Waals surface area contributed by atoms with Crippen molar-refractivity contribution in [3.63, 3.8) is 0 Å². The van der Waals surface area contributed by atoms with Crippen LogP contribution in [0.25, 0.3) is 0 Å². The second-order valence-corrected chi connectivity index (χ2v) is 7.62. The molecule has 8 nitrogen and oxygen atoms in total. The van der Waals surface area contributed by atoms with Crippen molar-refractivity contribution in [1.29, 1.82) is 0 Å². The van der Waals surface area contributed by atoms with Crippen LogP contribution in [0, 0.1) is 0 Å². The predicted octanol–water partition coefficient (Wildman–Crippen LogP) is 1.41. The highest BCUT2D eigenvalue weighted by Crippen LogP contribution is 2.27. The largest absolute Gasteiger partial charge is 0.497 e. The molecule has 1 atom stereocenters. The van der Waals surface area contributed by atoms with Gasteiger partial charge < -0.3 is 25.4 Å². The molecule has 8 heteroatoms. The minimum absolute atomic E-state index is 0.226. The van der Waals surface area contributed by atoms with E-state index in [1.54, 1.807) is 24.1 Å². The first-order valence-corrected chi connectivity index (χ1v) is 10.5. The standard InChI is InChI=1S/C22H33N3O5/c1-4-25(5-2)19(26)15-30-20(27)18(14-16-8-10-17(29-3)11-9-16)24-21(28)22(23)12-6-7-13-22/h8-11,18H,4-7,12-15,23H2,1-3H3,(H,24,28)/t18-/m0/s1. The van der Waals surface area contributed by atoms with Crippen molar-refractivity contribution < 1.29 is 23.9 Å². The van der Waals surface area contributed by atoms with Crippen molar-refractivity contribution in [2.75, 3.05) is 26.8 Å². The number of hydrogen-bond acceptors (Lipinski definition) is 6. The molecule has 0 radical (unpaired) electrons. The minimum Gasteiger partial charge on any atom is -0.497 e. The van der Waals surface area contributed by atoms with E-state index in [-0.39, 0.29) is 24.8 Å². The van der Waals surface area contributed by atoms with Crippen LogP contribution in [0.15, 0.2) is 24.3 Å². The zero-order valence-corrected chi connectivity index (χ0v) is 18.1. The molecule has 0 heterocycles. The minimum atomic E-state index is -0.963. The molecule has 1 fully saturated rings. The smallest absolute Gasteiger partial charge is 0.329 e. The second kappa shape index (κ2) is 11.0. The lowest BCUT2D eigenvalue weighted by atomic mass is 9.96. The first-order chi connectivity index (χ1) is 14.3. The van der Waals surface area contributed by atoms with Crippen LogP contribution < -0.4 is 15.8 Å². The highest BCUT2D eigenvalue weighted by Gasteiger charge is 2.39. The average molecular weight is 420 g/mol. The molecule has 2 rings (SSSR count). The van der Waals surface area contributed by atoms with Gasteiger partial charge in [0.2, 0.25) is 5.91 Å². The van der Waals surface area contributed by atoms with Crippen LogP contribution in [-0.4, -0.2) is 61.1 Å². The van der Waals surface area contributed by atoms with Gasteiger partial charge in [-0.15, -0.1) is 0 Å². The Bertz CT molecular complexity index is 725. The molecule has 1 aromatic rings. The number of carbonyl (C=O) groups is 3. The molecule has 3 N–H and O–H groups in total. The summed E-state index contributed by atoms with van der Waals surface area (Å²) in [6.07, 6.45) is 3.17. The molecule has 166 valence electrons. The summed E-state index contributed by atoms with van der Waals surface area (Å²) in [5, 5.41) is 2.76. The Kier molecular flexibility index (Phi) is 8.65. The summed E-state index contributed by atoms with van der Waals surface area (Å²) < 4.78 is 10.4. The first kappa shape index (κ1) is 23.7. The van der Waals surface area contributed by atoms with Gasteiger partial charge in [0.15, 0.2) is 6.61 Å². The lowest BCUT2D eigenvalue weighted by Gasteiger charge is -2.26. The molecule has 30 heavy (non-hydrogen) atoms. The van der Waals surface area contributed by atoms with Crippen LogP contribution in [0.2, 0.25) is 0 Å². The Morgan fingerprint density at radius 3 is 2.27 bits per heavy atom. The third-order valence-corrected chi connectivity index (χ3v) is 5.59. The fourth-order valence-corrected chi connectivity index (χ4v) is 3.63. The number of likely N-dealkylation sites (N-methyl/N-ethyl adjacent to an activating group) is 1. The van der Waals surface area contributed by atoms with Gasteiger partial charge in [0, 0.05) is 19.5 Å². The zero-order chi connectivity index (χ0) is 22.1. The van der Waals surface area contributed by atoms with Crippen LogP contribution in [0.5, 0.6) is 5.75 Å². The number of nitrogens with one attached hydrogen (secondary N) is 1. The van der Waals surface area contributed by atoms with E-state index in [9.17, 15) is 14.4 Å². The SMILES string of the molecule is CCN(CC)C(=O)COC(=O)[C@H](Cc1ccc(OC)cc1)NC(=O)C1(N)CCCC1. The number of rotatable bonds is 10. The van der Waals surface area contributed by atoms with Crippen LogP contribution in [0.1, 0.15) is 45.1 Å². The maximum atomic E-state index is 12.8. The lowest BCUT2D eigenvalue weighted by molar-refractivity contribution is -0.154. The molecule has 0 aromatic heterocycles. The summed E-state index contributed by atoms with van der Waals surface area (Å²) in [5.41, 5.74) is 6.10. The van der Waals surface area contributed by atoms with Gasteiger partial charge in [0.1, 0.15) is 11.8 Å². The van der Waals surface area contributed by atoms with E-state index in [0.717, 1.165) is 18.4 Å². The Labute approximate surface area is 178 Å². The van der Waals surface area contributed by atoms with Gasteiger partial charge in [0.05, 0.1) is 12.6 Å². The van der Waals surface area contributed by atoms with Gasteiger partial charge in [-0.3, -0.25) is 9.59 Å². The van der Waals surface area contributed by atoms with Crippen molar-refractivity contribution in [1.82, 2.24) is 10.2 Å². The number of hydrogen-bond donors (Lipinski definition) is 2. The van der Waals surface area contributed by atoms with Gasteiger partial charge in [-0.25, -0.2) is 4.79 Å². The number of carbonyl (C=O) groups excluding carboxylic acids is 3. The third-order valence-electron chi connectivity index (χ3n) is 5.59. The maximum Gasteiger partial charge on any atom is 0.329 e. The van der Waals surface area contributed by atoms with Crippen molar-refractivity contribution in [2.45, 2.75) is 57.5 Å². The Morgan fingerprint density at radius 1 is 1.13 bits per heavy atom. The molecule has 0 saturated heterocycles. The summed E-state index contributed by atoms with van der Waals surface area (Å²) in [5.74, 6) is -0.584. The molecule has 1 aliphatic rings. The Morgan fingerprint density at radius 2 is 1.73 bits per heavy atom. The second-order valence-electron chi connectivity index (χ2n) is 7.62. The van der Waals surface area contributed by atoms with Crippen molar-refractivity contribution in [3.8, 4) is 5.75 Å². The van der Waals surface area contributed by atoms with Crippen LogP contribution >= 0.6 is 0 Å². The van der Waals surface area contributed by atoms with E-state index in [2.05, 4.69) is 5.32 Å². The number of nitrogens with two attached hydrogens (primary N) is 1. The summed E-state index contributed by atoms with van der Waals surface area (Å²) in [6, 6.07) is 6.27. The van der Waals surface area contributed by atoms with E-state index >= 15 is 0 Å². The summed E-state index contributed by atoms with van der Waals surface area (Å²) in [6.45, 7) is 4.43. The van der Waals surface area contributed by atoms with E-state index in [1.807, 2.05) is 26.0 Å².